The van der Waals surface area contributed by atoms with Crippen molar-refractivity contribution in [2.45, 2.75) is 24.9 Å². The van der Waals surface area contributed by atoms with Crippen LogP contribution < -0.4 is 0 Å². The maximum Gasteiger partial charge on any atom is 0.141 e. The molecule has 2 rings (SSSR count). The normalized spacial score (nSPS) is 20.5. The van der Waals surface area contributed by atoms with Gasteiger partial charge in [0.1, 0.15) is 5.82 Å². The zero-order valence-electron chi connectivity index (χ0n) is 9.92. The van der Waals surface area contributed by atoms with Crippen LogP contribution in [-0.4, -0.2) is 35.7 Å². The summed E-state index contributed by atoms with van der Waals surface area (Å²) in [6.07, 6.45) is 2.04. The van der Waals surface area contributed by atoms with Gasteiger partial charge < -0.3 is 10.0 Å². The van der Waals surface area contributed by atoms with Crippen molar-refractivity contribution in [3.63, 3.8) is 0 Å². The van der Waals surface area contributed by atoms with Crippen LogP contribution in [0.1, 0.15) is 18.4 Å². The monoisotopic (exact) mass is 257 g/mol. The smallest absolute Gasteiger partial charge is 0.141 e. The lowest BCUT2D eigenvalue weighted by Gasteiger charge is -2.36. The minimum absolute atomic E-state index is 0.124. The molecule has 94 valence electrons. The fourth-order valence-corrected chi connectivity index (χ4v) is 2.44. The van der Waals surface area contributed by atoms with Crippen molar-refractivity contribution >= 4 is 11.6 Å². The maximum atomic E-state index is 13.0. The predicted octanol–water partition coefficient (Wildman–Crippen LogP) is 2.48. The molecule has 1 aliphatic rings. The number of hydrogen-bond acceptors (Lipinski definition) is 2. The number of hydrogen-bond donors (Lipinski definition) is 1. The summed E-state index contributed by atoms with van der Waals surface area (Å²) in [7, 11) is 2.05. The topological polar surface area (TPSA) is 23.5 Å². The van der Waals surface area contributed by atoms with Crippen molar-refractivity contribution in [1.82, 2.24) is 4.90 Å². The summed E-state index contributed by atoms with van der Waals surface area (Å²) < 4.78 is 13.0. The van der Waals surface area contributed by atoms with E-state index in [-0.39, 0.29) is 5.02 Å². The first-order chi connectivity index (χ1) is 7.98. The number of piperidine rings is 1. The Morgan fingerprint density at radius 2 is 2.06 bits per heavy atom. The van der Waals surface area contributed by atoms with E-state index in [0.29, 0.717) is 6.42 Å². The third kappa shape index (κ3) is 3.18. The van der Waals surface area contributed by atoms with Crippen LogP contribution in [0.5, 0.6) is 0 Å². The number of nitrogens with zero attached hydrogens (tertiary/aromatic N) is 1. The quantitative estimate of drug-likeness (QED) is 0.880. The van der Waals surface area contributed by atoms with Gasteiger partial charge >= 0.3 is 0 Å². The highest BCUT2D eigenvalue weighted by atomic mass is 35.5. The minimum atomic E-state index is -0.673. The van der Waals surface area contributed by atoms with E-state index in [1.807, 2.05) is 7.05 Å². The largest absolute Gasteiger partial charge is 0.389 e. The Morgan fingerprint density at radius 3 is 2.65 bits per heavy atom. The molecule has 0 aliphatic carbocycles. The van der Waals surface area contributed by atoms with E-state index in [1.54, 1.807) is 12.1 Å². The molecule has 0 amide bonds. The van der Waals surface area contributed by atoms with Crippen LogP contribution in [0.25, 0.3) is 0 Å². The first-order valence-electron chi connectivity index (χ1n) is 5.83. The Bertz CT molecular complexity index is 402. The van der Waals surface area contributed by atoms with E-state index in [9.17, 15) is 9.50 Å². The second kappa shape index (κ2) is 4.92. The first kappa shape index (κ1) is 12.8. The van der Waals surface area contributed by atoms with Crippen LogP contribution in [-0.2, 0) is 6.42 Å². The van der Waals surface area contributed by atoms with Crippen LogP contribution in [0.15, 0.2) is 18.2 Å². The molecule has 1 N–H and O–H groups in total. The predicted molar refractivity (Wildman–Crippen MR) is 66.8 cm³/mol. The van der Waals surface area contributed by atoms with Crippen molar-refractivity contribution in [3.8, 4) is 0 Å². The van der Waals surface area contributed by atoms with Crippen LogP contribution in [0, 0.1) is 5.82 Å². The van der Waals surface area contributed by atoms with Gasteiger partial charge in [-0.05, 0) is 37.6 Å². The molecule has 1 aromatic carbocycles. The standard InChI is InChI=1S/C13H17ClFNO/c1-16-6-4-13(17,5-7-16)9-10-2-3-12(15)11(14)8-10/h2-3,8,17H,4-7,9H2,1H3. The molecule has 1 heterocycles. The van der Waals surface area contributed by atoms with Gasteiger partial charge in [0.25, 0.3) is 0 Å². The highest BCUT2D eigenvalue weighted by molar-refractivity contribution is 6.30. The van der Waals surface area contributed by atoms with E-state index in [4.69, 9.17) is 11.6 Å². The van der Waals surface area contributed by atoms with Gasteiger partial charge in [0.2, 0.25) is 0 Å². The SMILES string of the molecule is CN1CCC(O)(Cc2ccc(F)c(Cl)c2)CC1. The lowest BCUT2D eigenvalue weighted by atomic mass is 9.85. The molecular formula is C13H17ClFNO. The average Bonchev–Trinajstić information content (AvgIpc) is 2.28. The molecule has 0 bridgehead atoms. The molecule has 2 nitrogen and oxygen atoms in total. The number of aliphatic hydroxyl groups is 1. The van der Waals surface area contributed by atoms with E-state index in [0.717, 1.165) is 31.5 Å². The van der Waals surface area contributed by atoms with Crippen LogP contribution in [0.2, 0.25) is 5.02 Å². The zero-order valence-corrected chi connectivity index (χ0v) is 10.7. The molecule has 0 radical (unpaired) electrons. The maximum absolute atomic E-state index is 13.0. The van der Waals surface area contributed by atoms with E-state index in [2.05, 4.69) is 4.90 Å². The van der Waals surface area contributed by atoms with Gasteiger partial charge in [0.15, 0.2) is 0 Å². The molecule has 1 fully saturated rings. The highest BCUT2D eigenvalue weighted by Gasteiger charge is 2.31. The first-order valence-corrected chi connectivity index (χ1v) is 6.21. The fraction of sp³-hybridized carbons (Fsp3) is 0.538. The molecular weight excluding hydrogens is 241 g/mol. The fourth-order valence-electron chi connectivity index (χ4n) is 2.24. The number of halogens is 2. The summed E-state index contributed by atoms with van der Waals surface area (Å²) in [4.78, 5) is 2.20. The van der Waals surface area contributed by atoms with Crippen molar-refractivity contribution in [2.24, 2.45) is 0 Å². The van der Waals surface area contributed by atoms with Gasteiger partial charge in [-0.25, -0.2) is 4.39 Å². The van der Waals surface area contributed by atoms with Crippen LogP contribution >= 0.6 is 11.6 Å². The number of likely N-dealkylation sites (tertiary alicyclic amines) is 1. The third-order valence-electron chi connectivity index (χ3n) is 3.43. The second-order valence-corrected chi connectivity index (χ2v) is 5.36. The average molecular weight is 258 g/mol. The summed E-state index contributed by atoms with van der Waals surface area (Å²) in [5.41, 5.74) is 0.219. The second-order valence-electron chi connectivity index (χ2n) is 4.95. The number of rotatable bonds is 2. The van der Waals surface area contributed by atoms with Crippen molar-refractivity contribution in [2.75, 3.05) is 20.1 Å². The minimum Gasteiger partial charge on any atom is -0.389 e. The summed E-state index contributed by atoms with van der Waals surface area (Å²) in [5.74, 6) is -0.411. The zero-order chi connectivity index (χ0) is 12.5. The van der Waals surface area contributed by atoms with Gasteiger partial charge in [-0.1, -0.05) is 17.7 Å². The molecule has 1 aliphatic heterocycles. The van der Waals surface area contributed by atoms with Crippen LogP contribution in [0.4, 0.5) is 4.39 Å². The molecule has 0 unspecified atom stereocenters. The summed E-state index contributed by atoms with van der Waals surface area (Å²) in [5, 5.41) is 10.6. The third-order valence-corrected chi connectivity index (χ3v) is 3.72. The van der Waals surface area contributed by atoms with Gasteiger partial charge in [-0.3, -0.25) is 0 Å². The molecule has 0 aromatic heterocycles. The number of benzene rings is 1. The van der Waals surface area contributed by atoms with Gasteiger partial charge in [-0.15, -0.1) is 0 Å². The summed E-state index contributed by atoms with van der Waals surface area (Å²) in [6.45, 7) is 1.79. The van der Waals surface area contributed by atoms with Gasteiger partial charge in [0.05, 0.1) is 10.6 Å². The molecule has 17 heavy (non-hydrogen) atoms. The molecule has 0 saturated carbocycles. The lowest BCUT2D eigenvalue weighted by Crippen LogP contribution is -2.44. The van der Waals surface area contributed by atoms with Crippen molar-refractivity contribution < 1.29 is 9.50 Å². The Hall–Kier alpha value is -0.640. The van der Waals surface area contributed by atoms with Crippen molar-refractivity contribution in [3.05, 3.63) is 34.6 Å². The Balaban J connectivity index is 2.07. The highest BCUT2D eigenvalue weighted by Crippen LogP contribution is 2.27. The summed E-state index contributed by atoms with van der Waals surface area (Å²) >= 11 is 5.74. The molecule has 0 spiro atoms. The molecule has 1 aromatic rings. The van der Waals surface area contributed by atoms with Gasteiger partial charge in [-0.2, -0.15) is 0 Å². The van der Waals surface area contributed by atoms with Gasteiger partial charge in [0, 0.05) is 19.5 Å². The Morgan fingerprint density at radius 1 is 1.41 bits per heavy atom. The van der Waals surface area contributed by atoms with E-state index >= 15 is 0 Å². The Labute approximate surface area is 106 Å². The van der Waals surface area contributed by atoms with E-state index < -0.39 is 11.4 Å². The Kier molecular flexibility index (Phi) is 3.71. The van der Waals surface area contributed by atoms with Crippen LogP contribution in [0.3, 0.4) is 0 Å². The molecule has 4 heteroatoms. The molecule has 0 atom stereocenters. The van der Waals surface area contributed by atoms with Crippen molar-refractivity contribution in [1.29, 1.82) is 0 Å². The lowest BCUT2D eigenvalue weighted by molar-refractivity contribution is -0.0150. The summed E-state index contributed by atoms with van der Waals surface area (Å²) in [6, 6.07) is 4.65. The molecule has 1 saturated heterocycles. The van der Waals surface area contributed by atoms with E-state index in [1.165, 1.54) is 6.07 Å².